The number of halogens is 2. The number of anilines is 1. The molecule has 1 aromatic rings. The summed E-state index contributed by atoms with van der Waals surface area (Å²) in [5, 5.41) is 6.07. The first-order chi connectivity index (χ1) is 8.15. The van der Waals surface area contributed by atoms with Gasteiger partial charge in [-0.25, -0.2) is 4.39 Å². The monoisotopic (exact) mass is 256 g/mol. The van der Waals surface area contributed by atoms with Gasteiger partial charge >= 0.3 is 0 Å². The van der Waals surface area contributed by atoms with Crippen molar-refractivity contribution >= 4 is 23.2 Å². The van der Waals surface area contributed by atoms with Gasteiger partial charge in [0.25, 0.3) is 0 Å². The van der Waals surface area contributed by atoms with Crippen LogP contribution < -0.4 is 10.6 Å². The van der Waals surface area contributed by atoms with Gasteiger partial charge in [0, 0.05) is 24.7 Å². The number of hydrogen-bond donors (Lipinski definition) is 2. The maximum Gasteiger partial charge on any atom is 0.222 e. The molecule has 0 spiro atoms. The van der Waals surface area contributed by atoms with Crippen LogP contribution in [0.5, 0.6) is 0 Å². The van der Waals surface area contributed by atoms with E-state index in [1.165, 1.54) is 12.1 Å². The van der Waals surface area contributed by atoms with Crippen molar-refractivity contribution in [2.24, 2.45) is 0 Å². The normalized spacial score (nSPS) is 20.6. The largest absolute Gasteiger partial charge is 0.382 e. The van der Waals surface area contributed by atoms with Crippen LogP contribution in [0, 0.1) is 5.82 Å². The van der Waals surface area contributed by atoms with Gasteiger partial charge < -0.3 is 10.6 Å². The van der Waals surface area contributed by atoms with Gasteiger partial charge in [0.15, 0.2) is 0 Å². The lowest BCUT2D eigenvalue weighted by atomic mass is 10.1. The van der Waals surface area contributed by atoms with E-state index >= 15 is 0 Å². The minimum Gasteiger partial charge on any atom is -0.382 e. The zero-order valence-electron chi connectivity index (χ0n) is 9.30. The van der Waals surface area contributed by atoms with Gasteiger partial charge in [-0.15, -0.1) is 0 Å². The Morgan fingerprint density at radius 2 is 2.29 bits per heavy atom. The molecule has 3 nitrogen and oxygen atoms in total. The Balaban J connectivity index is 2.03. The van der Waals surface area contributed by atoms with E-state index in [0.717, 1.165) is 12.8 Å². The molecule has 1 atom stereocenters. The van der Waals surface area contributed by atoms with Crippen LogP contribution in [0.3, 0.4) is 0 Å². The predicted molar refractivity (Wildman–Crippen MR) is 65.7 cm³/mol. The standard InChI is InChI=1S/C12H14ClFN2O/c13-10-4-3-9(6-11(10)14)16-8-2-1-5-15-12(17)7-8/h3-4,6,8,16H,1-2,5,7H2,(H,15,17). The molecule has 1 saturated heterocycles. The molecule has 17 heavy (non-hydrogen) atoms. The average molecular weight is 257 g/mol. The van der Waals surface area contributed by atoms with E-state index in [1.807, 2.05) is 0 Å². The summed E-state index contributed by atoms with van der Waals surface area (Å²) in [5.74, 6) is -0.413. The van der Waals surface area contributed by atoms with Crippen molar-refractivity contribution in [1.29, 1.82) is 0 Å². The molecule has 0 aliphatic carbocycles. The van der Waals surface area contributed by atoms with Crippen LogP contribution in [0.1, 0.15) is 19.3 Å². The van der Waals surface area contributed by atoms with Crippen molar-refractivity contribution in [3.8, 4) is 0 Å². The summed E-state index contributed by atoms with van der Waals surface area (Å²) in [6, 6.07) is 4.63. The Morgan fingerprint density at radius 1 is 1.47 bits per heavy atom. The van der Waals surface area contributed by atoms with Crippen molar-refractivity contribution in [3.63, 3.8) is 0 Å². The minimum absolute atomic E-state index is 0.0365. The third-order valence-corrected chi connectivity index (χ3v) is 3.08. The number of hydrogen-bond acceptors (Lipinski definition) is 2. The molecule has 0 saturated carbocycles. The summed E-state index contributed by atoms with van der Waals surface area (Å²) in [6.45, 7) is 0.714. The number of nitrogens with one attached hydrogen (secondary N) is 2. The van der Waals surface area contributed by atoms with E-state index in [1.54, 1.807) is 6.07 Å². The molecule has 1 fully saturated rings. The lowest BCUT2D eigenvalue weighted by Gasteiger charge is -2.16. The zero-order chi connectivity index (χ0) is 12.3. The van der Waals surface area contributed by atoms with Crippen molar-refractivity contribution < 1.29 is 9.18 Å². The van der Waals surface area contributed by atoms with Gasteiger partial charge in [-0.05, 0) is 31.0 Å². The summed E-state index contributed by atoms with van der Waals surface area (Å²) in [4.78, 5) is 11.4. The second-order valence-corrected chi connectivity index (χ2v) is 4.57. The van der Waals surface area contributed by atoms with Crippen LogP contribution in [0.15, 0.2) is 18.2 Å². The Labute approximate surface area is 104 Å². The molecule has 1 aliphatic heterocycles. The first-order valence-corrected chi connectivity index (χ1v) is 6.01. The summed E-state index contributed by atoms with van der Waals surface area (Å²) in [5.41, 5.74) is 0.659. The number of carbonyl (C=O) groups is 1. The highest BCUT2D eigenvalue weighted by Crippen LogP contribution is 2.21. The summed E-state index contributed by atoms with van der Waals surface area (Å²) >= 11 is 5.61. The van der Waals surface area contributed by atoms with E-state index in [0.29, 0.717) is 18.7 Å². The molecule has 2 N–H and O–H groups in total. The fourth-order valence-corrected chi connectivity index (χ4v) is 2.04. The Hall–Kier alpha value is -1.29. The second-order valence-electron chi connectivity index (χ2n) is 4.17. The maximum absolute atomic E-state index is 13.2. The zero-order valence-corrected chi connectivity index (χ0v) is 10.1. The molecule has 1 aliphatic rings. The summed E-state index contributed by atoms with van der Waals surface area (Å²) in [7, 11) is 0. The van der Waals surface area contributed by atoms with E-state index < -0.39 is 5.82 Å². The van der Waals surface area contributed by atoms with Crippen molar-refractivity contribution in [1.82, 2.24) is 5.32 Å². The minimum atomic E-state index is -0.449. The number of amides is 1. The number of rotatable bonds is 2. The third kappa shape index (κ3) is 3.33. The van der Waals surface area contributed by atoms with Crippen LogP contribution >= 0.6 is 11.6 Å². The average Bonchev–Trinajstić information content (AvgIpc) is 2.48. The highest BCUT2D eigenvalue weighted by molar-refractivity contribution is 6.30. The number of carbonyl (C=O) groups excluding carboxylic acids is 1. The first kappa shape index (κ1) is 12.2. The van der Waals surface area contributed by atoms with Crippen LogP contribution in [0.25, 0.3) is 0 Å². The van der Waals surface area contributed by atoms with Gasteiger partial charge in [-0.1, -0.05) is 11.6 Å². The number of benzene rings is 1. The molecule has 2 rings (SSSR count). The maximum atomic E-state index is 13.2. The highest BCUT2D eigenvalue weighted by Gasteiger charge is 2.17. The SMILES string of the molecule is O=C1CC(Nc2ccc(Cl)c(F)c2)CCCN1. The molecule has 1 aromatic carbocycles. The Kier molecular flexibility index (Phi) is 3.84. The second kappa shape index (κ2) is 5.36. The van der Waals surface area contributed by atoms with Crippen LogP contribution in [0.2, 0.25) is 5.02 Å². The van der Waals surface area contributed by atoms with Crippen molar-refractivity contribution in [2.75, 3.05) is 11.9 Å². The van der Waals surface area contributed by atoms with Gasteiger partial charge in [0.1, 0.15) is 5.82 Å². The molecule has 0 radical (unpaired) electrons. The van der Waals surface area contributed by atoms with Crippen molar-refractivity contribution in [3.05, 3.63) is 29.0 Å². The molecule has 0 aromatic heterocycles. The van der Waals surface area contributed by atoms with E-state index in [2.05, 4.69) is 10.6 Å². The highest BCUT2D eigenvalue weighted by atomic mass is 35.5. The molecule has 5 heteroatoms. The quantitative estimate of drug-likeness (QED) is 0.854. The Bertz CT molecular complexity index is 425. The smallest absolute Gasteiger partial charge is 0.222 e. The van der Waals surface area contributed by atoms with E-state index in [4.69, 9.17) is 11.6 Å². The van der Waals surface area contributed by atoms with Gasteiger partial charge in [0.2, 0.25) is 5.91 Å². The van der Waals surface area contributed by atoms with Gasteiger partial charge in [-0.3, -0.25) is 4.79 Å². The lowest BCUT2D eigenvalue weighted by molar-refractivity contribution is -0.120. The summed E-state index contributed by atoms with van der Waals surface area (Å²) < 4.78 is 13.2. The first-order valence-electron chi connectivity index (χ1n) is 5.63. The van der Waals surface area contributed by atoms with E-state index in [-0.39, 0.29) is 17.0 Å². The molecule has 0 bridgehead atoms. The third-order valence-electron chi connectivity index (χ3n) is 2.77. The van der Waals surface area contributed by atoms with Crippen LogP contribution in [0.4, 0.5) is 10.1 Å². The molecule has 1 unspecified atom stereocenters. The van der Waals surface area contributed by atoms with Gasteiger partial charge in [-0.2, -0.15) is 0 Å². The Morgan fingerprint density at radius 3 is 3.06 bits per heavy atom. The molecule has 1 amide bonds. The fourth-order valence-electron chi connectivity index (χ4n) is 1.92. The van der Waals surface area contributed by atoms with Crippen molar-refractivity contribution in [2.45, 2.75) is 25.3 Å². The molecule has 92 valence electrons. The molecular formula is C12H14ClFN2O. The fraction of sp³-hybridized carbons (Fsp3) is 0.417. The van der Waals surface area contributed by atoms with E-state index in [9.17, 15) is 9.18 Å². The summed E-state index contributed by atoms with van der Waals surface area (Å²) in [6.07, 6.45) is 2.24. The lowest BCUT2D eigenvalue weighted by Crippen LogP contribution is -2.26. The van der Waals surface area contributed by atoms with Crippen LogP contribution in [-0.4, -0.2) is 18.5 Å². The topological polar surface area (TPSA) is 41.1 Å². The molecular weight excluding hydrogens is 243 g/mol. The van der Waals surface area contributed by atoms with Gasteiger partial charge in [0.05, 0.1) is 5.02 Å². The van der Waals surface area contributed by atoms with Crippen LogP contribution in [-0.2, 0) is 4.79 Å². The molecule has 1 heterocycles. The predicted octanol–water partition coefficient (Wildman–Crippen LogP) is 2.56.